The number of primary sulfonamides is 1. The van der Waals surface area contributed by atoms with Gasteiger partial charge in [-0.25, -0.2) is 28.5 Å². The SMILES string of the molecule is NS(=O)(=O)c1ccc(Nc2ncc3cccc(-c4ccnc(N5CCOCC5)c4)c3n2)cc1. The molecule has 0 aliphatic carbocycles. The number of rotatable bonds is 5. The highest BCUT2D eigenvalue weighted by Gasteiger charge is 2.14. The quantitative estimate of drug-likeness (QED) is 0.464. The van der Waals surface area contributed by atoms with Crippen LogP contribution in [-0.4, -0.2) is 49.7 Å². The fourth-order valence-corrected chi connectivity index (χ4v) is 4.27. The van der Waals surface area contributed by atoms with Crippen LogP contribution in [-0.2, 0) is 14.8 Å². The summed E-state index contributed by atoms with van der Waals surface area (Å²) in [6.45, 7) is 3.01. The van der Waals surface area contributed by atoms with Gasteiger partial charge in [-0.15, -0.1) is 0 Å². The van der Waals surface area contributed by atoms with Crippen molar-refractivity contribution < 1.29 is 13.2 Å². The molecule has 168 valence electrons. The molecule has 1 aliphatic rings. The zero-order valence-electron chi connectivity index (χ0n) is 17.7. The van der Waals surface area contributed by atoms with Gasteiger partial charge in [0.15, 0.2) is 0 Å². The lowest BCUT2D eigenvalue weighted by molar-refractivity contribution is 0.122. The summed E-state index contributed by atoms with van der Waals surface area (Å²) in [6.07, 6.45) is 3.57. The van der Waals surface area contributed by atoms with Crippen LogP contribution in [0.1, 0.15) is 0 Å². The number of morpholine rings is 1. The van der Waals surface area contributed by atoms with Crippen LogP contribution in [0.3, 0.4) is 0 Å². The largest absolute Gasteiger partial charge is 0.378 e. The van der Waals surface area contributed by atoms with Crippen molar-refractivity contribution in [2.75, 3.05) is 36.5 Å². The Morgan fingerprint density at radius 2 is 1.79 bits per heavy atom. The summed E-state index contributed by atoms with van der Waals surface area (Å²) >= 11 is 0. The lowest BCUT2D eigenvalue weighted by atomic mass is 10.0. The Bertz CT molecular complexity index is 1400. The molecule has 3 N–H and O–H groups in total. The van der Waals surface area contributed by atoms with E-state index in [4.69, 9.17) is 14.9 Å². The predicted octanol–water partition coefficient (Wildman–Crippen LogP) is 2.92. The van der Waals surface area contributed by atoms with Crippen molar-refractivity contribution >= 4 is 38.4 Å². The summed E-state index contributed by atoms with van der Waals surface area (Å²) in [5.74, 6) is 1.32. The van der Waals surface area contributed by atoms with Gasteiger partial charge in [-0.05, 0) is 42.0 Å². The minimum Gasteiger partial charge on any atom is -0.378 e. The monoisotopic (exact) mass is 462 g/mol. The molecule has 0 atom stereocenters. The minimum absolute atomic E-state index is 0.0449. The van der Waals surface area contributed by atoms with Crippen LogP contribution >= 0.6 is 0 Å². The van der Waals surface area contributed by atoms with Crippen LogP contribution in [0.5, 0.6) is 0 Å². The van der Waals surface area contributed by atoms with Crippen LogP contribution in [0.2, 0.25) is 0 Å². The van der Waals surface area contributed by atoms with Gasteiger partial charge in [0.1, 0.15) is 5.82 Å². The maximum absolute atomic E-state index is 11.5. The van der Waals surface area contributed by atoms with Gasteiger partial charge in [-0.3, -0.25) is 0 Å². The fourth-order valence-electron chi connectivity index (χ4n) is 3.76. The highest BCUT2D eigenvalue weighted by molar-refractivity contribution is 7.89. The molecular weight excluding hydrogens is 440 g/mol. The number of para-hydroxylation sites is 1. The van der Waals surface area contributed by atoms with E-state index < -0.39 is 10.0 Å². The number of pyridine rings is 1. The molecule has 1 fully saturated rings. The molecule has 1 saturated heterocycles. The number of anilines is 3. The summed E-state index contributed by atoms with van der Waals surface area (Å²) in [6, 6.07) is 16.1. The molecule has 3 heterocycles. The van der Waals surface area contributed by atoms with Crippen LogP contribution in [0, 0.1) is 0 Å². The first-order valence-electron chi connectivity index (χ1n) is 10.4. The first-order chi connectivity index (χ1) is 16.0. The average molecular weight is 463 g/mol. The average Bonchev–Trinajstić information content (AvgIpc) is 2.84. The van der Waals surface area contributed by atoms with Crippen LogP contribution in [0.4, 0.5) is 17.5 Å². The van der Waals surface area contributed by atoms with E-state index in [1.54, 1.807) is 18.3 Å². The van der Waals surface area contributed by atoms with Crippen molar-refractivity contribution in [3.05, 3.63) is 67.0 Å². The number of fused-ring (bicyclic) bond motifs is 1. The number of nitrogens with one attached hydrogen (secondary N) is 1. The lowest BCUT2D eigenvalue weighted by Crippen LogP contribution is -2.36. The predicted molar refractivity (Wildman–Crippen MR) is 127 cm³/mol. The zero-order valence-corrected chi connectivity index (χ0v) is 18.5. The minimum atomic E-state index is -3.74. The third-order valence-electron chi connectivity index (χ3n) is 5.44. The Balaban J connectivity index is 1.48. The van der Waals surface area contributed by atoms with E-state index >= 15 is 0 Å². The summed E-state index contributed by atoms with van der Waals surface area (Å²) in [4.78, 5) is 15.9. The third kappa shape index (κ3) is 4.63. The van der Waals surface area contributed by atoms with Gasteiger partial charge in [-0.1, -0.05) is 18.2 Å². The Kier molecular flexibility index (Phi) is 5.63. The Labute approximate surface area is 191 Å². The van der Waals surface area contributed by atoms with E-state index in [1.165, 1.54) is 12.1 Å². The molecule has 0 spiro atoms. The molecule has 0 saturated carbocycles. The number of ether oxygens (including phenoxy) is 1. The molecule has 2 aromatic carbocycles. The summed E-state index contributed by atoms with van der Waals surface area (Å²) < 4.78 is 28.4. The van der Waals surface area contributed by atoms with Gasteiger partial charge in [0, 0.05) is 42.1 Å². The van der Waals surface area contributed by atoms with E-state index in [1.807, 2.05) is 30.5 Å². The fraction of sp³-hybridized carbons (Fsp3) is 0.174. The number of nitrogens with two attached hydrogens (primary N) is 1. The molecule has 1 aliphatic heterocycles. The van der Waals surface area contributed by atoms with E-state index in [2.05, 4.69) is 26.3 Å². The summed E-state index contributed by atoms with van der Waals surface area (Å²) in [5.41, 5.74) is 3.44. The molecule has 0 radical (unpaired) electrons. The molecular formula is C23H22N6O3S. The Morgan fingerprint density at radius 3 is 2.55 bits per heavy atom. The zero-order chi connectivity index (χ0) is 22.8. The molecule has 0 amide bonds. The number of hydrogen-bond donors (Lipinski definition) is 2. The molecule has 0 unspecified atom stereocenters. The smallest absolute Gasteiger partial charge is 0.238 e. The molecule has 2 aromatic heterocycles. The van der Waals surface area contributed by atoms with E-state index in [9.17, 15) is 8.42 Å². The highest BCUT2D eigenvalue weighted by atomic mass is 32.2. The third-order valence-corrected chi connectivity index (χ3v) is 6.37. The van der Waals surface area contributed by atoms with Crippen molar-refractivity contribution in [3.8, 4) is 11.1 Å². The van der Waals surface area contributed by atoms with E-state index in [-0.39, 0.29) is 4.90 Å². The number of aromatic nitrogens is 3. The second-order valence-electron chi connectivity index (χ2n) is 7.63. The maximum atomic E-state index is 11.5. The molecule has 5 rings (SSSR count). The maximum Gasteiger partial charge on any atom is 0.238 e. The van der Waals surface area contributed by atoms with Crippen molar-refractivity contribution in [3.63, 3.8) is 0 Å². The molecule has 4 aromatic rings. The van der Waals surface area contributed by atoms with Crippen LogP contribution in [0.15, 0.2) is 71.9 Å². The first-order valence-corrected chi connectivity index (χ1v) is 12.0. The summed E-state index contributed by atoms with van der Waals surface area (Å²) in [7, 11) is -3.74. The van der Waals surface area contributed by atoms with Crippen molar-refractivity contribution in [1.29, 1.82) is 0 Å². The second kappa shape index (κ2) is 8.74. The van der Waals surface area contributed by atoms with Gasteiger partial charge in [-0.2, -0.15) is 0 Å². The number of hydrogen-bond acceptors (Lipinski definition) is 8. The lowest BCUT2D eigenvalue weighted by Gasteiger charge is -2.28. The van der Waals surface area contributed by atoms with Gasteiger partial charge in [0.2, 0.25) is 16.0 Å². The second-order valence-corrected chi connectivity index (χ2v) is 9.19. The number of nitrogens with zero attached hydrogens (tertiary/aromatic N) is 4. The standard InChI is InChI=1S/C23H22N6O3S/c24-33(30,31)19-6-4-18(5-7-19)27-23-26-15-17-2-1-3-20(22(17)28-23)16-8-9-25-21(14-16)29-10-12-32-13-11-29/h1-9,14-15H,10-13H2,(H2,24,30,31)(H,26,27,28). The van der Waals surface area contributed by atoms with Crippen LogP contribution < -0.4 is 15.4 Å². The molecule has 0 bridgehead atoms. The molecule has 33 heavy (non-hydrogen) atoms. The normalized spacial score (nSPS) is 14.4. The van der Waals surface area contributed by atoms with Gasteiger partial charge >= 0.3 is 0 Å². The van der Waals surface area contributed by atoms with Gasteiger partial charge < -0.3 is 15.0 Å². The molecule has 9 nitrogen and oxygen atoms in total. The van der Waals surface area contributed by atoms with E-state index in [0.29, 0.717) is 24.8 Å². The first kappa shape index (κ1) is 21.3. The van der Waals surface area contributed by atoms with E-state index in [0.717, 1.165) is 40.9 Å². The van der Waals surface area contributed by atoms with Crippen molar-refractivity contribution in [1.82, 2.24) is 15.0 Å². The van der Waals surface area contributed by atoms with Gasteiger partial charge in [0.05, 0.1) is 23.6 Å². The summed E-state index contributed by atoms with van der Waals surface area (Å²) in [5, 5.41) is 9.20. The van der Waals surface area contributed by atoms with Crippen molar-refractivity contribution in [2.45, 2.75) is 4.90 Å². The molecule has 10 heteroatoms. The van der Waals surface area contributed by atoms with Gasteiger partial charge in [0.25, 0.3) is 0 Å². The Hall–Kier alpha value is -3.60. The highest BCUT2D eigenvalue weighted by Crippen LogP contribution is 2.30. The van der Waals surface area contributed by atoms with Crippen LogP contribution in [0.25, 0.3) is 22.0 Å². The number of benzene rings is 2. The topological polar surface area (TPSA) is 123 Å². The number of sulfonamides is 1. The Morgan fingerprint density at radius 1 is 1.00 bits per heavy atom. The van der Waals surface area contributed by atoms with Crippen molar-refractivity contribution in [2.24, 2.45) is 5.14 Å².